The summed E-state index contributed by atoms with van der Waals surface area (Å²) in [6.07, 6.45) is 0. The van der Waals surface area contributed by atoms with Crippen molar-refractivity contribution in [2.45, 2.75) is 33.0 Å². The maximum atomic E-state index is 8.00. The van der Waals surface area contributed by atoms with E-state index in [2.05, 4.69) is 48.0 Å². The number of hydrogen-bond acceptors (Lipinski definition) is 2. The van der Waals surface area contributed by atoms with Crippen LogP contribution >= 0.6 is 15.9 Å². The van der Waals surface area contributed by atoms with Crippen LogP contribution in [0.25, 0.3) is 0 Å². The van der Waals surface area contributed by atoms with E-state index >= 15 is 0 Å². The van der Waals surface area contributed by atoms with Crippen molar-refractivity contribution in [2.75, 3.05) is 7.11 Å². The highest BCUT2D eigenvalue weighted by Gasteiger charge is 1.97. The summed E-state index contributed by atoms with van der Waals surface area (Å²) in [5, 5.41) is 7.96. The summed E-state index contributed by atoms with van der Waals surface area (Å²) in [5.74, 6) is 0. The quantitative estimate of drug-likeness (QED) is 0.802. The van der Waals surface area contributed by atoms with Gasteiger partial charge < -0.3 is 9.90 Å². The number of hydrogen-bond donors (Lipinski definition) is 1. The van der Waals surface area contributed by atoms with Gasteiger partial charge in [0.05, 0.1) is 0 Å². The molecule has 0 aliphatic carbocycles. The standard InChI is InChI=1S/C9H11Br.C2H6.CH4O.CH2O/c1-7-4-3-5-8(2)9(7)6-10;3*1-2/h3-5H,6H2,1-2H3;1-2H3;2H,1H3;1H2. The Morgan fingerprint density at radius 1 is 1.12 bits per heavy atom. The Kier molecular flexibility index (Phi) is 21.7. The Hall–Kier alpha value is -0.670. The number of benzene rings is 1. The minimum Gasteiger partial charge on any atom is -0.400 e. The summed E-state index contributed by atoms with van der Waals surface area (Å²) < 4.78 is 0. The SMILES string of the molecule is C=O.CC.CO.Cc1cccc(C)c1CBr. The third-order valence-corrected chi connectivity index (χ3v) is 2.34. The fraction of sp³-hybridized carbons (Fsp3) is 0.462. The molecule has 0 unspecified atom stereocenters. The van der Waals surface area contributed by atoms with Crippen LogP contribution in [0.3, 0.4) is 0 Å². The van der Waals surface area contributed by atoms with Gasteiger partial charge in [-0.25, -0.2) is 0 Å². The molecule has 0 spiro atoms. The predicted molar refractivity (Wildman–Crippen MR) is 75.2 cm³/mol. The topological polar surface area (TPSA) is 37.3 Å². The third kappa shape index (κ3) is 8.62. The predicted octanol–water partition coefficient (Wildman–Crippen LogP) is 3.65. The summed E-state index contributed by atoms with van der Waals surface area (Å²) in [4.78, 5) is 8.00. The molecular formula is C13H23BrO2. The number of alkyl halides is 1. The second-order valence-corrected chi connectivity index (χ2v) is 3.06. The van der Waals surface area contributed by atoms with E-state index in [1.54, 1.807) is 0 Å². The Morgan fingerprint density at radius 3 is 1.62 bits per heavy atom. The summed E-state index contributed by atoms with van der Waals surface area (Å²) >= 11 is 3.46. The van der Waals surface area contributed by atoms with Crippen LogP contribution in [-0.4, -0.2) is 19.0 Å². The zero-order chi connectivity index (χ0) is 13.6. The molecule has 0 bridgehead atoms. The molecule has 3 heteroatoms. The minimum atomic E-state index is 0.964. The normalized spacial score (nSPS) is 7.19. The first-order valence-electron chi connectivity index (χ1n) is 5.10. The van der Waals surface area contributed by atoms with Crippen LogP contribution < -0.4 is 0 Å². The summed E-state index contributed by atoms with van der Waals surface area (Å²) in [6.45, 7) is 10.3. The van der Waals surface area contributed by atoms with Gasteiger partial charge in [0.25, 0.3) is 0 Å². The minimum absolute atomic E-state index is 0.964. The van der Waals surface area contributed by atoms with E-state index in [0.717, 1.165) is 12.4 Å². The van der Waals surface area contributed by atoms with Crippen LogP contribution in [0.15, 0.2) is 18.2 Å². The van der Waals surface area contributed by atoms with Crippen molar-refractivity contribution in [3.63, 3.8) is 0 Å². The maximum absolute atomic E-state index is 8.00. The first kappa shape index (κ1) is 20.7. The van der Waals surface area contributed by atoms with Gasteiger partial charge in [-0.3, -0.25) is 0 Å². The molecule has 1 aromatic carbocycles. The number of carbonyl (C=O) groups is 1. The molecule has 1 N–H and O–H groups in total. The first-order valence-corrected chi connectivity index (χ1v) is 6.22. The zero-order valence-corrected chi connectivity index (χ0v) is 12.5. The van der Waals surface area contributed by atoms with Crippen molar-refractivity contribution in [1.29, 1.82) is 0 Å². The molecule has 0 fully saturated rings. The van der Waals surface area contributed by atoms with Crippen molar-refractivity contribution in [2.24, 2.45) is 0 Å². The average Bonchev–Trinajstić information content (AvgIpc) is 2.37. The Bertz CT molecular complexity index is 229. The van der Waals surface area contributed by atoms with Crippen LogP contribution in [0, 0.1) is 13.8 Å². The van der Waals surface area contributed by atoms with Crippen molar-refractivity contribution in [3.8, 4) is 0 Å². The summed E-state index contributed by atoms with van der Waals surface area (Å²) in [6, 6.07) is 6.38. The molecule has 0 saturated heterocycles. The van der Waals surface area contributed by atoms with Gasteiger partial charge in [-0.1, -0.05) is 48.0 Å². The molecular weight excluding hydrogens is 268 g/mol. The molecule has 0 aliphatic rings. The molecule has 0 radical (unpaired) electrons. The van der Waals surface area contributed by atoms with Gasteiger partial charge in [-0.05, 0) is 30.5 Å². The van der Waals surface area contributed by atoms with E-state index in [1.165, 1.54) is 16.7 Å². The van der Waals surface area contributed by atoms with Gasteiger partial charge in [-0.15, -0.1) is 0 Å². The second kappa shape index (κ2) is 16.7. The number of aryl methyl sites for hydroxylation is 2. The molecule has 0 amide bonds. The number of aliphatic hydroxyl groups is 1. The lowest BCUT2D eigenvalue weighted by molar-refractivity contribution is -0.0979. The monoisotopic (exact) mass is 290 g/mol. The highest BCUT2D eigenvalue weighted by atomic mass is 79.9. The van der Waals surface area contributed by atoms with E-state index in [1.807, 2.05) is 20.6 Å². The number of halogens is 1. The molecule has 0 heterocycles. The third-order valence-electron chi connectivity index (χ3n) is 1.78. The molecule has 1 aromatic rings. The van der Waals surface area contributed by atoms with Crippen LogP contribution in [0.5, 0.6) is 0 Å². The van der Waals surface area contributed by atoms with Gasteiger partial charge in [0.2, 0.25) is 0 Å². The summed E-state index contributed by atoms with van der Waals surface area (Å²) in [5.41, 5.74) is 4.16. The lowest BCUT2D eigenvalue weighted by atomic mass is 10.1. The highest BCUT2D eigenvalue weighted by Crippen LogP contribution is 2.15. The van der Waals surface area contributed by atoms with Gasteiger partial charge in [0, 0.05) is 12.4 Å². The van der Waals surface area contributed by atoms with Crippen molar-refractivity contribution < 1.29 is 9.90 Å². The fourth-order valence-corrected chi connectivity index (χ4v) is 1.94. The zero-order valence-electron chi connectivity index (χ0n) is 10.9. The van der Waals surface area contributed by atoms with Crippen LogP contribution in [0.4, 0.5) is 0 Å². The van der Waals surface area contributed by atoms with Gasteiger partial charge in [0.1, 0.15) is 6.79 Å². The first-order chi connectivity index (χ1) is 7.75. The Balaban J connectivity index is -0.000000245. The van der Waals surface area contributed by atoms with Crippen molar-refractivity contribution in [1.82, 2.24) is 0 Å². The number of aliphatic hydroxyl groups excluding tert-OH is 1. The van der Waals surface area contributed by atoms with E-state index < -0.39 is 0 Å². The highest BCUT2D eigenvalue weighted by molar-refractivity contribution is 9.08. The van der Waals surface area contributed by atoms with Crippen LogP contribution in [-0.2, 0) is 10.1 Å². The van der Waals surface area contributed by atoms with Crippen LogP contribution in [0.2, 0.25) is 0 Å². The smallest absolute Gasteiger partial charge is 0.106 e. The van der Waals surface area contributed by atoms with E-state index in [-0.39, 0.29) is 0 Å². The molecule has 94 valence electrons. The van der Waals surface area contributed by atoms with Crippen molar-refractivity contribution in [3.05, 3.63) is 34.9 Å². The molecule has 16 heavy (non-hydrogen) atoms. The molecule has 0 aromatic heterocycles. The van der Waals surface area contributed by atoms with E-state index in [4.69, 9.17) is 9.90 Å². The summed E-state index contributed by atoms with van der Waals surface area (Å²) in [7, 11) is 1.00. The molecule has 0 saturated carbocycles. The molecule has 0 aliphatic heterocycles. The average molecular weight is 291 g/mol. The fourth-order valence-electron chi connectivity index (χ4n) is 1.06. The van der Waals surface area contributed by atoms with Crippen LogP contribution in [0.1, 0.15) is 30.5 Å². The number of rotatable bonds is 1. The van der Waals surface area contributed by atoms with E-state index in [9.17, 15) is 0 Å². The maximum Gasteiger partial charge on any atom is 0.106 e. The lowest BCUT2D eigenvalue weighted by Crippen LogP contribution is -1.87. The van der Waals surface area contributed by atoms with Gasteiger partial charge in [0.15, 0.2) is 0 Å². The van der Waals surface area contributed by atoms with Gasteiger partial charge in [-0.2, -0.15) is 0 Å². The Morgan fingerprint density at radius 2 is 1.44 bits per heavy atom. The molecule has 1 rings (SSSR count). The Labute approximate surface area is 108 Å². The second-order valence-electron chi connectivity index (χ2n) is 2.50. The van der Waals surface area contributed by atoms with Gasteiger partial charge >= 0.3 is 0 Å². The number of carbonyl (C=O) groups excluding carboxylic acids is 1. The van der Waals surface area contributed by atoms with Crippen molar-refractivity contribution >= 4 is 22.7 Å². The van der Waals surface area contributed by atoms with E-state index in [0.29, 0.717) is 0 Å². The molecule has 2 nitrogen and oxygen atoms in total. The largest absolute Gasteiger partial charge is 0.400 e. The molecule has 0 atom stereocenters. The lowest BCUT2D eigenvalue weighted by Gasteiger charge is -2.04.